The van der Waals surface area contributed by atoms with Crippen LogP contribution in [-0.4, -0.2) is 35.7 Å². The van der Waals surface area contributed by atoms with E-state index in [1.807, 2.05) is 0 Å². The van der Waals surface area contributed by atoms with Gasteiger partial charge in [0.2, 0.25) is 0 Å². The third-order valence-corrected chi connectivity index (χ3v) is 3.29. The Hall–Kier alpha value is -0.0800. The Kier molecular flexibility index (Phi) is 5.49. The van der Waals surface area contributed by atoms with E-state index >= 15 is 0 Å². The largest absolute Gasteiger partial charge is 0.396 e. The van der Waals surface area contributed by atoms with Crippen molar-refractivity contribution in [3.05, 3.63) is 0 Å². The fourth-order valence-corrected chi connectivity index (χ4v) is 2.49. The highest BCUT2D eigenvalue weighted by Gasteiger charge is 2.25. The van der Waals surface area contributed by atoms with Crippen LogP contribution in [0.3, 0.4) is 0 Å². The molecule has 0 saturated carbocycles. The molecule has 0 aromatic rings. The lowest BCUT2D eigenvalue weighted by atomic mass is 10.0. The molecule has 0 aromatic heterocycles. The number of likely N-dealkylation sites (tertiary alicyclic amines) is 1. The Morgan fingerprint density at radius 2 is 2.07 bits per heavy atom. The van der Waals surface area contributed by atoms with Gasteiger partial charge < -0.3 is 10.0 Å². The smallest absolute Gasteiger partial charge is 0.0431 e. The van der Waals surface area contributed by atoms with Crippen LogP contribution >= 0.6 is 0 Å². The molecule has 0 radical (unpaired) electrons. The first-order valence-corrected chi connectivity index (χ1v) is 6.10. The number of nitrogens with zero attached hydrogens (tertiary/aromatic N) is 1. The van der Waals surface area contributed by atoms with Crippen LogP contribution in [0.1, 0.15) is 46.0 Å². The summed E-state index contributed by atoms with van der Waals surface area (Å²) in [7, 11) is 0. The Morgan fingerprint density at radius 1 is 1.29 bits per heavy atom. The molecular formula is C12H25NO. The molecule has 0 spiro atoms. The van der Waals surface area contributed by atoms with Gasteiger partial charge >= 0.3 is 0 Å². The lowest BCUT2D eigenvalue weighted by molar-refractivity contribution is 0.199. The van der Waals surface area contributed by atoms with Crippen molar-refractivity contribution in [2.75, 3.05) is 19.7 Å². The van der Waals surface area contributed by atoms with E-state index in [-0.39, 0.29) is 0 Å². The predicted octanol–water partition coefficient (Wildman–Crippen LogP) is 2.27. The lowest BCUT2D eigenvalue weighted by Crippen LogP contribution is -2.34. The zero-order valence-corrected chi connectivity index (χ0v) is 9.71. The summed E-state index contributed by atoms with van der Waals surface area (Å²) in [6, 6.07) is 0.823. The minimum absolute atomic E-state index is 0.355. The Morgan fingerprint density at radius 3 is 2.71 bits per heavy atom. The molecule has 0 amide bonds. The maximum absolute atomic E-state index is 8.68. The monoisotopic (exact) mass is 199 g/mol. The summed E-state index contributed by atoms with van der Waals surface area (Å²) < 4.78 is 0. The van der Waals surface area contributed by atoms with Gasteiger partial charge in [-0.3, -0.25) is 0 Å². The molecule has 2 nitrogen and oxygen atoms in total. The van der Waals surface area contributed by atoms with Gasteiger partial charge in [0, 0.05) is 12.6 Å². The standard InChI is InChI=1S/C12H25NO/c1-11(2)12-7-6-9-13(12)8-4-3-5-10-14/h11-12,14H,3-10H2,1-2H3. The molecule has 0 aliphatic carbocycles. The number of aliphatic hydroxyl groups excluding tert-OH is 1. The second-order valence-electron chi connectivity index (χ2n) is 4.77. The van der Waals surface area contributed by atoms with Gasteiger partial charge in [-0.05, 0) is 51.1 Å². The maximum atomic E-state index is 8.68. The van der Waals surface area contributed by atoms with E-state index in [0.717, 1.165) is 18.4 Å². The summed E-state index contributed by atoms with van der Waals surface area (Å²) in [6.07, 6.45) is 6.17. The summed E-state index contributed by atoms with van der Waals surface area (Å²) in [5, 5.41) is 8.68. The van der Waals surface area contributed by atoms with Crippen LogP contribution in [0.15, 0.2) is 0 Å². The van der Waals surface area contributed by atoms with E-state index in [4.69, 9.17) is 5.11 Å². The zero-order chi connectivity index (χ0) is 10.4. The maximum Gasteiger partial charge on any atom is 0.0431 e. The average Bonchev–Trinajstić information content (AvgIpc) is 2.60. The first kappa shape index (κ1) is 12.0. The molecule has 84 valence electrons. The Bertz CT molecular complexity index is 147. The zero-order valence-electron chi connectivity index (χ0n) is 9.71. The Balaban J connectivity index is 2.16. The fraction of sp³-hybridized carbons (Fsp3) is 1.00. The molecule has 0 aromatic carbocycles. The highest BCUT2D eigenvalue weighted by molar-refractivity contribution is 4.81. The summed E-state index contributed by atoms with van der Waals surface area (Å²) in [5.41, 5.74) is 0. The van der Waals surface area contributed by atoms with Gasteiger partial charge in [0.15, 0.2) is 0 Å². The van der Waals surface area contributed by atoms with Gasteiger partial charge in [-0.1, -0.05) is 13.8 Å². The average molecular weight is 199 g/mol. The molecule has 14 heavy (non-hydrogen) atoms. The summed E-state index contributed by atoms with van der Waals surface area (Å²) in [6.45, 7) is 7.55. The second kappa shape index (κ2) is 6.41. The summed E-state index contributed by atoms with van der Waals surface area (Å²) in [4.78, 5) is 2.64. The van der Waals surface area contributed by atoms with Gasteiger partial charge in [-0.15, -0.1) is 0 Å². The summed E-state index contributed by atoms with van der Waals surface area (Å²) in [5.74, 6) is 0.801. The van der Waals surface area contributed by atoms with E-state index in [2.05, 4.69) is 18.7 Å². The van der Waals surface area contributed by atoms with E-state index < -0.39 is 0 Å². The summed E-state index contributed by atoms with van der Waals surface area (Å²) >= 11 is 0. The minimum Gasteiger partial charge on any atom is -0.396 e. The molecule has 1 atom stereocenters. The normalized spacial score (nSPS) is 23.6. The van der Waals surface area contributed by atoms with Crippen molar-refractivity contribution in [1.29, 1.82) is 0 Å². The number of hydrogen-bond donors (Lipinski definition) is 1. The van der Waals surface area contributed by atoms with Gasteiger partial charge in [-0.2, -0.15) is 0 Å². The molecule has 1 N–H and O–H groups in total. The topological polar surface area (TPSA) is 23.5 Å². The number of aliphatic hydroxyl groups is 1. The molecule has 0 bridgehead atoms. The lowest BCUT2D eigenvalue weighted by Gasteiger charge is -2.27. The van der Waals surface area contributed by atoms with Crippen LogP contribution in [-0.2, 0) is 0 Å². The first-order chi connectivity index (χ1) is 6.75. The highest BCUT2D eigenvalue weighted by atomic mass is 16.2. The predicted molar refractivity (Wildman–Crippen MR) is 60.4 cm³/mol. The molecule has 1 saturated heterocycles. The van der Waals surface area contributed by atoms with E-state index in [0.29, 0.717) is 6.61 Å². The van der Waals surface area contributed by atoms with Crippen molar-refractivity contribution in [2.45, 2.75) is 52.0 Å². The second-order valence-corrected chi connectivity index (χ2v) is 4.77. The molecule has 2 heteroatoms. The van der Waals surface area contributed by atoms with E-state index in [1.165, 1.54) is 38.8 Å². The fourth-order valence-electron chi connectivity index (χ4n) is 2.49. The Labute approximate surface area is 88.3 Å². The minimum atomic E-state index is 0.355. The van der Waals surface area contributed by atoms with Crippen molar-refractivity contribution >= 4 is 0 Å². The molecule has 1 aliphatic rings. The number of unbranched alkanes of at least 4 members (excludes halogenated alkanes) is 2. The van der Waals surface area contributed by atoms with Gasteiger partial charge in [0.25, 0.3) is 0 Å². The highest BCUT2D eigenvalue weighted by Crippen LogP contribution is 2.23. The molecule has 1 rings (SSSR count). The number of hydrogen-bond acceptors (Lipinski definition) is 2. The van der Waals surface area contributed by atoms with E-state index in [9.17, 15) is 0 Å². The van der Waals surface area contributed by atoms with E-state index in [1.54, 1.807) is 0 Å². The molecule has 1 aliphatic heterocycles. The van der Waals surface area contributed by atoms with Gasteiger partial charge in [0.1, 0.15) is 0 Å². The van der Waals surface area contributed by atoms with Crippen LogP contribution < -0.4 is 0 Å². The van der Waals surface area contributed by atoms with Gasteiger partial charge in [-0.25, -0.2) is 0 Å². The third-order valence-electron chi connectivity index (χ3n) is 3.29. The van der Waals surface area contributed by atoms with Crippen LogP contribution in [0.25, 0.3) is 0 Å². The van der Waals surface area contributed by atoms with Crippen molar-refractivity contribution in [1.82, 2.24) is 4.90 Å². The molecule has 1 fully saturated rings. The van der Waals surface area contributed by atoms with Crippen LogP contribution in [0.4, 0.5) is 0 Å². The van der Waals surface area contributed by atoms with Crippen molar-refractivity contribution < 1.29 is 5.11 Å². The quantitative estimate of drug-likeness (QED) is 0.663. The molecular weight excluding hydrogens is 174 g/mol. The SMILES string of the molecule is CC(C)C1CCCN1CCCCCO. The van der Waals surface area contributed by atoms with Crippen LogP contribution in [0, 0.1) is 5.92 Å². The van der Waals surface area contributed by atoms with Crippen LogP contribution in [0.2, 0.25) is 0 Å². The van der Waals surface area contributed by atoms with Crippen LogP contribution in [0.5, 0.6) is 0 Å². The van der Waals surface area contributed by atoms with Crippen molar-refractivity contribution in [2.24, 2.45) is 5.92 Å². The third kappa shape index (κ3) is 3.58. The number of rotatable bonds is 6. The molecule has 1 unspecified atom stereocenters. The molecule has 1 heterocycles. The van der Waals surface area contributed by atoms with Crippen molar-refractivity contribution in [3.8, 4) is 0 Å². The van der Waals surface area contributed by atoms with Crippen molar-refractivity contribution in [3.63, 3.8) is 0 Å². The first-order valence-electron chi connectivity index (χ1n) is 6.10. The van der Waals surface area contributed by atoms with Gasteiger partial charge in [0.05, 0.1) is 0 Å².